The van der Waals surface area contributed by atoms with E-state index in [1.807, 2.05) is 13.1 Å². The van der Waals surface area contributed by atoms with Crippen LogP contribution in [0.5, 0.6) is 0 Å². The van der Waals surface area contributed by atoms with Gasteiger partial charge in [0.05, 0.1) is 5.92 Å². The van der Waals surface area contributed by atoms with E-state index in [2.05, 4.69) is 27.1 Å². The molecular weight excluding hydrogens is 244 g/mol. The Morgan fingerprint density at radius 3 is 2.89 bits per heavy atom. The molecule has 0 amide bonds. The lowest BCUT2D eigenvalue weighted by atomic mass is 10.2. The summed E-state index contributed by atoms with van der Waals surface area (Å²) in [5, 5.41) is 11.8. The fraction of sp³-hybridized carbons (Fsp3) is 0.615. The second-order valence-electron chi connectivity index (χ2n) is 4.66. The van der Waals surface area contributed by atoms with Crippen molar-refractivity contribution in [3.8, 4) is 0 Å². The molecule has 19 heavy (non-hydrogen) atoms. The highest BCUT2D eigenvalue weighted by Gasteiger charge is 2.11. The number of rotatable bonds is 8. The third-order valence-corrected chi connectivity index (χ3v) is 2.90. The standard InChI is InChI=1S/C13H22N4O2/c1-4-5-6-17(3)12-7-11(15-9-16-12)14-8-10(2)13(18)19/h7,9-10H,4-6,8H2,1-3H3,(H,18,19)(H,14,15,16). The quantitative estimate of drug-likeness (QED) is 0.747. The SMILES string of the molecule is CCCCN(C)c1cc(NCC(C)C(=O)O)ncn1. The van der Waals surface area contributed by atoms with Crippen molar-refractivity contribution in [2.24, 2.45) is 5.92 Å². The molecule has 0 aromatic carbocycles. The van der Waals surface area contributed by atoms with Crippen LogP contribution in [0.15, 0.2) is 12.4 Å². The average molecular weight is 266 g/mol. The van der Waals surface area contributed by atoms with Crippen molar-refractivity contribution in [2.45, 2.75) is 26.7 Å². The molecule has 1 unspecified atom stereocenters. The van der Waals surface area contributed by atoms with Crippen LogP contribution in [0.2, 0.25) is 0 Å². The minimum Gasteiger partial charge on any atom is -0.481 e. The van der Waals surface area contributed by atoms with Crippen LogP contribution in [0, 0.1) is 5.92 Å². The maximum absolute atomic E-state index is 10.7. The van der Waals surface area contributed by atoms with Gasteiger partial charge in [0.2, 0.25) is 0 Å². The lowest BCUT2D eigenvalue weighted by Gasteiger charge is -2.18. The summed E-state index contributed by atoms with van der Waals surface area (Å²) >= 11 is 0. The Hall–Kier alpha value is -1.85. The summed E-state index contributed by atoms with van der Waals surface area (Å²) in [4.78, 5) is 21.1. The number of hydrogen-bond acceptors (Lipinski definition) is 5. The molecule has 0 spiro atoms. The number of carboxylic acids is 1. The first-order chi connectivity index (χ1) is 9.04. The van der Waals surface area contributed by atoms with Crippen LogP contribution in [0.1, 0.15) is 26.7 Å². The second-order valence-corrected chi connectivity index (χ2v) is 4.66. The van der Waals surface area contributed by atoms with E-state index in [4.69, 9.17) is 5.11 Å². The lowest BCUT2D eigenvalue weighted by molar-refractivity contribution is -0.140. The Morgan fingerprint density at radius 1 is 1.53 bits per heavy atom. The summed E-state index contributed by atoms with van der Waals surface area (Å²) in [6.45, 7) is 5.10. The number of unbranched alkanes of at least 4 members (excludes halogenated alkanes) is 1. The summed E-state index contributed by atoms with van der Waals surface area (Å²) in [6, 6.07) is 1.84. The van der Waals surface area contributed by atoms with Gasteiger partial charge in [-0.05, 0) is 6.42 Å². The van der Waals surface area contributed by atoms with Crippen LogP contribution in [-0.2, 0) is 4.79 Å². The number of nitrogens with zero attached hydrogens (tertiary/aromatic N) is 3. The minimum atomic E-state index is -0.818. The van der Waals surface area contributed by atoms with E-state index in [1.54, 1.807) is 6.92 Å². The first-order valence-electron chi connectivity index (χ1n) is 6.54. The van der Waals surface area contributed by atoms with E-state index < -0.39 is 11.9 Å². The van der Waals surface area contributed by atoms with E-state index in [-0.39, 0.29) is 0 Å². The van der Waals surface area contributed by atoms with E-state index in [0.29, 0.717) is 12.4 Å². The molecule has 1 aromatic rings. The smallest absolute Gasteiger partial charge is 0.308 e. The summed E-state index contributed by atoms with van der Waals surface area (Å²) in [6.07, 6.45) is 3.74. The molecule has 0 aliphatic carbocycles. The number of nitrogens with one attached hydrogen (secondary N) is 1. The monoisotopic (exact) mass is 266 g/mol. The Kier molecular flexibility index (Phi) is 6.05. The highest BCUT2D eigenvalue weighted by molar-refractivity contribution is 5.70. The van der Waals surface area contributed by atoms with Crippen molar-refractivity contribution in [2.75, 3.05) is 30.4 Å². The number of hydrogen-bond donors (Lipinski definition) is 2. The van der Waals surface area contributed by atoms with Gasteiger partial charge in [0, 0.05) is 26.2 Å². The van der Waals surface area contributed by atoms with Crippen LogP contribution < -0.4 is 10.2 Å². The van der Waals surface area contributed by atoms with Gasteiger partial charge in [-0.3, -0.25) is 4.79 Å². The molecule has 6 heteroatoms. The second kappa shape index (κ2) is 7.56. The molecule has 0 radical (unpaired) electrons. The molecule has 1 atom stereocenters. The van der Waals surface area contributed by atoms with Gasteiger partial charge < -0.3 is 15.3 Å². The number of anilines is 2. The number of carbonyl (C=O) groups is 1. The number of carboxylic acid groups (broad SMARTS) is 1. The van der Waals surface area contributed by atoms with Gasteiger partial charge in [-0.1, -0.05) is 20.3 Å². The van der Waals surface area contributed by atoms with Crippen molar-refractivity contribution in [1.29, 1.82) is 0 Å². The molecule has 0 fully saturated rings. The zero-order chi connectivity index (χ0) is 14.3. The van der Waals surface area contributed by atoms with Crippen molar-refractivity contribution >= 4 is 17.6 Å². The molecule has 1 rings (SSSR count). The molecule has 106 valence electrons. The van der Waals surface area contributed by atoms with Crippen LogP contribution in [0.4, 0.5) is 11.6 Å². The van der Waals surface area contributed by atoms with Gasteiger partial charge in [0.1, 0.15) is 18.0 Å². The first-order valence-corrected chi connectivity index (χ1v) is 6.54. The van der Waals surface area contributed by atoms with Crippen LogP contribution in [0.25, 0.3) is 0 Å². The molecule has 0 saturated carbocycles. The van der Waals surface area contributed by atoms with E-state index in [1.165, 1.54) is 6.33 Å². The molecule has 0 aliphatic rings. The van der Waals surface area contributed by atoms with Gasteiger partial charge in [-0.2, -0.15) is 0 Å². The summed E-state index contributed by atoms with van der Waals surface area (Å²) in [5.74, 6) is 0.230. The van der Waals surface area contributed by atoms with Gasteiger partial charge in [0.15, 0.2) is 0 Å². The molecule has 6 nitrogen and oxygen atoms in total. The highest BCUT2D eigenvalue weighted by Crippen LogP contribution is 2.13. The average Bonchev–Trinajstić information content (AvgIpc) is 2.42. The van der Waals surface area contributed by atoms with Crippen molar-refractivity contribution in [3.05, 3.63) is 12.4 Å². The summed E-state index contributed by atoms with van der Waals surface area (Å²) in [5.41, 5.74) is 0. The fourth-order valence-corrected chi connectivity index (χ4v) is 1.51. The van der Waals surface area contributed by atoms with Gasteiger partial charge in [0.25, 0.3) is 0 Å². The third kappa shape index (κ3) is 5.11. The van der Waals surface area contributed by atoms with Gasteiger partial charge >= 0.3 is 5.97 Å². The molecule has 0 bridgehead atoms. The van der Waals surface area contributed by atoms with E-state index in [9.17, 15) is 4.79 Å². The lowest BCUT2D eigenvalue weighted by Crippen LogP contribution is -2.22. The fourth-order valence-electron chi connectivity index (χ4n) is 1.51. The maximum atomic E-state index is 10.7. The Bertz CT molecular complexity index is 411. The number of aromatic nitrogens is 2. The molecule has 1 aromatic heterocycles. The summed E-state index contributed by atoms with van der Waals surface area (Å²) in [7, 11) is 1.99. The Labute approximate surface area is 113 Å². The molecule has 2 N–H and O–H groups in total. The first kappa shape index (κ1) is 15.2. The summed E-state index contributed by atoms with van der Waals surface area (Å²) < 4.78 is 0. The molecule has 1 heterocycles. The predicted molar refractivity (Wildman–Crippen MR) is 75.5 cm³/mol. The third-order valence-electron chi connectivity index (χ3n) is 2.90. The highest BCUT2D eigenvalue weighted by atomic mass is 16.4. The van der Waals surface area contributed by atoms with Gasteiger partial charge in [-0.15, -0.1) is 0 Å². The normalized spacial score (nSPS) is 11.9. The zero-order valence-electron chi connectivity index (χ0n) is 11.8. The maximum Gasteiger partial charge on any atom is 0.308 e. The molecule has 0 aliphatic heterocycles. The van der Waals surface area contributed by atoms with E-state index in [0.717, 1.165) is 25.2 Å². The number of aliphatic carboxylic acids is 1. The Balaban J connectivity index is 2.59. The predicted octanol–water partition coefficient (Wildman–Crippen LogP) is 1.85. The molecular formula is C13H22N4O2. The largest absolute Gasteiger partial charge is 0.481 e. The van der Waals surface area contributed by atoms with Gasteiger partial charge in [-0.25, -0.2) is 9.97 Å². The van der Waals surface area contributed by atoms with Crippen molar-refractivity contribution in [1.82, 2.24) is 9.97 Å². The van der Waals surface area contributed by atoms with E-state index >= 15 is 0 Å². The van der Waals surface area contributed by atoms with Crippen LogP contribution in [0.3, 0.4) is 0 Å². The minimum absolute atomic E-state index is 0.352. The molecule has 0 saturated heterocycles. The topological polar surface area (TPSA) is 78.4 Å². The Morgan fingerprint density at radius 2 is 2.26 bits per heavy atom. The zero-order valence-corrected chi connectivity index (χ0v) is 11.8. The van der Waals surface area contributed by atoms with Crippen molar-refractivity contribution in [3.63, 3.8) is 0 Å². The van der Waals surface area contributed by atoms with Crippen LogP contribution in [-0.4, -0.2) is 41.2 Å². The van der Waals surface area contributed by atoms with Crippen LogP contribution >= 0.6 is 0 Å². The van der Waals surface area contributed by atoms with Crippen molar-refractivity contribution < 1.29 is 9.90 Å².